The number of rotatable bonds is 1. The van der Waals surface area contributed by atoms with Crippen LogP contribution in [0.1, 0.15) is 32.1 Å². The van der Waals surface area contributed by atoms with Crippen molar-refractivity contribution in [2.24, 2.45) is 0 Å². The first-order valence-electron chi connectivity index (χ1n) is 5.46. The zero-order chi connectivity index (χ0) is 11.6. The van der Waals surface area contributed by atoms with Crippen LogP contribution in [0.2, 0.25) is 0 Å². The van der Waals surface area contributed by atoms with Crippen molar-refractivity contribution in [1.29, 1.82) is 0 Å². The third-order valence-corrected chi connectivity index (χ3v) is 2.90. The molecule has 0 aromatic rings. The summed E-state index contributed by atoms with van der Waals surface area (Å²) in [4.78, 5) is 23.3. The van der Waals surface area contributed by atoms with E-state index in [1.807, 2.05) is 0 Å². The van der Waals surface area contributed by atoms with Crippen LogP contribution >= 0.6 is 0 Å². The third kappa shape index (κ3) is 1.87. The maximum absolute atomic E-state index is 11.6. The summed E-state index contributed by atoms with van der Waals surface area (Å²) in [6, 6.07) is 0. The number of allylic oxidation sites excluding steroid dienone is 2. The Morgan fingerprint density at radius 3 is 2.12 bits per heavy atom. The SMILES string of the molecule is C=CC=C1C(=O)OC2(CCCCC2)OC1=O. The van der Waals surface area contributed by atoms with Gasteiger partial charge in [-0.15, -0.1) is 0 Å². The Bertz CT molecular complexity index is 339. The highest BCUT2D eigenvalue weighted by Gasteiger charge is 2.46. The van der Waals surface area contributed by atoms with Gasteiger partial charge in [-0.05, 0) is 18.9 Å². The van der Waals surface area contributed by atoms with Gasteiger partial charge in [0.05, 0.1) is 0 Å². The fourth-order valence-electron chi connectivity index (χ4n) is 2.10. The molecule has 0 aromatic heterocycles. The number of esters is 2. The quantitative estimate of drug-likeness (QED) is 0.386. The summed E-state index contributed by atoms with van der Waals surface area (Å²) in [6.07, 6.45) is 6.82. The molecule has 1 saturated heterocycles. The molecular weight excluding hydrogens is 208 g/mol. The summed E-state index contributed by atoms with van der Waals surface area (Å²) in [5.41, 5.74) is -0.0776. The molecule has 4 heteroatoms. The molecule has 0 N–H and O–H groups in total. The summed E-state index contributed by atoms with van der Waals surface area (Å²) in [6.45, 7) is 3.44. The molecule has 2 fully saturated rings. The fourth-order valence-corrected chi connectivity index (χ4v) is 2.10. The lowest BCUT2D eigenvalue weighted by Gasteiger charge is -2.38. The van der Waals surface area contributed by atoms with Crippen molar-refractivity contribution >= 4 is 11.9 Å². The van der Waals surface area contributed by atoms with E-state index in [4.69, 9.17) is 9.47 Å². The number of hydrogen-bond acceptors (Lipinski definition) is 4. The van der Waals surface area contributed by atoms with Crippen molar-refractivity contribution in [1.82, 2.24) is 0 Å². The molecule has 2 aliphatic rings. The van der Waals surface area contributed by atoms with Crippen molar-refractivity contribution < 1.29 is 19.1 Å². The zero-order valence-corrected chi connectivity index (χ0v) is 9.03. The van der Waals surface area contributed by atoms with E-state index in [0.717, 1.165) is 19.3 Å². The van der Waals surface area contributed by atoms with Gasteiger partial charge in [0.1, 0.15) is 5.57 Å². The largest absolute Gasteiger partial charge is 0.419 e. The molecule has 0 bridgehead atoms. The Morgan fingerprint density at radius 1 is 1.06 bits per heavy atom. The minimum absolute atomic E-state index is 0.0776. The minimum atomic E-state index is -0.995. The maximum Gasteiger partial charge on any atom is 0.348 e. The first-order valence-corrected chi connectivity index (χ1v) is 5.46. The maximum atomic E-state index is 11.6. The molecule has 16 heavy (non-hydrogen) atoms. The van der Waals surface area contributed by atoms with Gasteiger partial charge in [-0.25, -0.2) is 9.59 Å². The topological polar surface area (TPSA) is 52.6 Å². The van der Waals surface area contributed by atoms with Gasteiger partial charge < -0.3 is 9.47 Å². The lowest BCUT2D eigenvalue weighted by Crippen LogP contribution is -2.47. The average molecular weight is 222 g/mol. The van der Waals surface area contributed by atoms with Gasteiger partial charge in [0.15, 0.2) is 0 Å². The Hall–Kier alpha value is -1.58. The van der Waals surface area contributed by atoms with Crippen LogP contribution in [0, 0.1) is 0 Å². The van der Waals surface area contributed by atoms with Gasteiger partial charge in [0.25, 0.3) is 5.79 Å². The Kier molecular flexibility index (Phi) is 2.81. The van der Waals surface area contributed by atoms with E-state index >= 15 is 0 Å². The summed E-state index contributed by atoms with van der Waals surface area (Å²) in [5.74, 6) is -2.19. The predicted octanol–water partition coefficient (Wildman–Crippen LogP) is 1.86. The van der Waals surface area contributed by atoms with Crippen molar-refractivity contribution in [3.05, 3.63) is 24.3 Å². The standard InChI is InChI=1S/C12H14O4/c1-2-6-9-10(13)15-12(16-11(9)14)7-4-3-5-8-12/h2,6H,1,3-5,7-8H2. The van der Waals surface area contributed by atoms with E-state index in [-0.39, 0.29) is 5.57 Å². The van der Waals surface area contributed by atoms with Crippen LogP contribution in [0.5, 0.6) is 0 Å². The molecule has 1 aliphatic carbocycles. The molecule has 4 nitrogen and oxygen atoms in total. The molecule has 0 radical (unpaired) electrons. The second kappa shape index (κ2) is 4.12. The fraction of sp³-hybridized carbons (Fsp3) is 0.500. The van der Waals surface area contributed by atoms with Gasteiger partial charge in [0, 0.05) is 12.8 Å². The summed E-state index contributed by atoms with van der Waals surface area (Å²) < 4.78 is 10.5. The monoisotopic (exact) mass is 222 g/mol. The van der Waals surface area contributed by atoms with Crippen LogP contribution in [-0.4, -0.2) is 17.7 Å². The van der Waals surface area contributed by atoms with E-state index in [9.17, 15) is 9.59 Å². The van der Waals surface area contributed by atoms with Gasteiger partial charge >= 0.3 is 11.9 Å². The highest BCUT2D eigenvalue weighted by atomic mass is 16.7. The highest BCUT2D eigenvalue weighted by Crippen LogP contribution is 2.36. The van der Waals surface area contributed by atoms with Crippen LogP contribution in [0.15, 0.2) is 24.3 Å². The smallest absolute Gasteiger partial charge is 0.348 e. The van der Waals surface area contributed by atoms with Crippen molar-refractivity contribution in [3.8, 4) is 0 Å². The second-order valence-corrected chi connectivity index (χ2v) is 4.07. The number of hydrogen-bond donors (Lipinski definition) is 0. The molecule has 0 aromatic carbocycles. The molecule has 0 unspecified atom stereocenters. The number of ether oxygens (including phenoxy) is 2. The minimum Gasteiger partial charge on any atom is -0.419 e. The van der Waals surface area contributed by atoms with E-state index in [1.54, 1.807) is 0 Å². The van der Waals surface area contributed by atoms with Gasteiger partial charge in [0.2, 0.25) is 0 Å². The van der Waals surface area contributed by atoms with Gasteiger partial charge in [-0.2, -0.15) is 0 Å². The Balaban J connectivity index is 2.20. The number of carbonyl (C=O) groups excluding carboxylic acids is 2. The van der Waals surface area contributed by atoms with E-state index in [1.165, 1.54) is 12.2 Å². The molecule has 2 rings (SSSR count). The molecule has 1 spiro atoms. The van der Waals surface area contributed by atoms with Gasteiger partial charge in [-0.3, -0.25) is 0 Å². The molecule has 1 heterocycles. The van der Waals surface area contributed by atoms with E-state index < -0.39 is 17.7 Å². The Morgan fingerprint density at radius 2 is 1.62 bits per heavy atom. The van der Waals surface area contributed by atoms with E-state index in [0.29, 0.717) is 12.8 Å². The van der Waals surface area contributed by atoms with Crippen LogP contribution in [-0.2, 0) is 19.1 Å². The second-order valence-electron chi connectivity index (χ2n) is 4.07. The molecule has 1 saturated carbocycles. The summed E-state index contributed by atoms with van der Waals surface area (Å²) >= 11 is 0. The highest BCUT2D eigenvalue weighted by molar-refractivity contribution is 6.15. The molecule has 0 atom stereocenters. The normalized spacial score (nSPS) is 23.6. The lowest BCUT2D eigenvalue weighted by molar-refractivity contribution is -0.244. The predicted molar refractivity (Wildman–Crippen MR) is 56.3 cm³/mol. The summed E-state index contributed by atoms with van der Waals surface area (Å²) in [5, 5.41) is 0. The van der Waals surface area contributed by atoms with Crippen molar-refractivity contribution in [3.63, 3.8) is 0 Å². The lowest BCUT2D eigenvalue weighted by atomic mass is 9.93. The third-order valence-electron chi connectivity index (χ3n) is 2.90. The molecule has 1 aliphatic heterocycles. The first-order chi connectivity index (χ1) is 7.67. The Labute approximate surface area is 93.9 Å². The average Bonchev–Trinajstić information content (AvgIpc) is 2.24. The number of carbonyl (C=O) groups is 2. The van der Waals surface area contributed by atoms with Crippen molar-refractivity contribution in [2.75, 3.05) is 0 Å². The van der Waals surface area contributed by atoms with Crippen LogP contribution < -0.4 is 0 Å². The summed E-state index contributed by atoms with van der Waals surface area (Å²) in [7, 11) is 0. The first kappa shape index (κ1) is 10.9. The van der Waals surface area contributed by atoms with E-state index in [2.05, 4.69) is 6.58 Å². The zero-order valence-electron chi connectivity index (χ0n) is 9.03. The molecule has 0 amide bonds. The van der Waals surface area contributed by atoms with Crippen LogP contribution in [0.4, 0.5) is 0 Å². The molecular formula is C12H14O4. The van der Waals surface area contributed by atoms with Crippen LogP contribution in [0.3, 0.4) is 0 Å². The van der Waals surface area contributed by atoms with Crippen molar-refractivity contribution in [2.45, 2.75) is 37.9 Å². The molecule has 86 valence electrons. The van der Waals surface area contributed by atoms with Crippen LogP contribution in [0.25, 0.3) is 0 Å². The van der Waals surface area contributed by atoms with Gasteiger partial charge in [-0.1, -0.05) is 19.1 Å².